The molecule has 32 heavy (non-hydrogen) atoms. The quantitative estimate of drug-likeness (QED) is 0.727. The maximum Gasteiger partial charge on any atom is 0.407 e. The first-order valence-corrected chi connectivity index (χ1v) is 11.0. The topological polar surface area (TPSA) is 95.9 Å². The highest BCUT2D eigenvalue weighted by molar-refractivity contribution is 5.90. The fourth-order valence-corrected chi connectivity index (χ4v) is 5.57. The molecule has 2 amide bonds. The number of amides is 2. The Kier molecular flexibility index (Phi) is 4.92. The monoisotopic (exact) mass is 434 g/mol. The standard InChI is InChI=1S/C25H26N2O5/c1-15(10-22(28)27-13-16-11-25(27,12-16)23(29)30)26-24(31)32-14-21-19-8-4-2-6-17(19)18-7-3-5-9-20(18)21/h2-9,15-16,21H,10-14H2,1H3,(H,26,31)(H,29,30)/t15-,16?,25?/m0/s1. The van der Waals surface area contributed by atoms with E-state index in [0.717, 1.165) is 22.3 Å². The molecule has 0 radical (unpaired) electrons. The lowest BCUT2D eigenvalue weighted by molar-refractivity contribution is -0.158. The summed E-state index contributed by atoms with van der Waals surface area (Å²) in [4.78, 5) is 38.2. The number of carbonyl (C=O) groups excluding carboxylic acids is 2. The second kappa shape index (κ2) is 7.65. The Balaban J connectivity index is 1.17. The normalized spacial score (nSPS) is 23.7. The van der Waals surface area contributed by atoms with E-state index in [4.69, 9.17) is 4.74 Å². The molecule has 7 heteroatoms. The van der Waals surface area contributed by atoms with Gasteiger partial charge in [-0.1, -0.05) is 48.5 Å². The zero-order chi connectivity index (χ0) is 22.5. The number of hydrogen-bond donors (Lipinski definition) is 2. The summed E-state index contributed by atoms with van der Waals surface area (Å²) in [7, 11) is 0. The van der Waals surface area contributed by atoms with Gasteiger partial charge in [0.05, 0.1) is 0 Å². The summed E-state index contributed by atoms with van der Waals surface area (Å²) < 4.78 is 5.54. The summed E-state index contributed by atoms with van der Waals surface area (Å²) in [6.45, 7) is 2.42. The third-order valence-electron chi connectivity index (χ3n) is 7.10. The van der Waals surface area contributed by atoms with Crippen LogP contribution in [0.4, 0.5) is 4.79 Å². The van der Waals surface area contributed by atoms with Crippen LogP contribution in [-0.4, -0.2) is 52.7 Å². The van der Waals surface area contributed by atoms with Crippen molar-refractivity contribution in [3.05, 3.63) is 59.7 Å². The van der Waals surface area contributed by atoms with Crippen LogP contribution in [0.2, 0.25) is 0 Å². The van der Waals surface area contributed by atoms with Gasteiger partial charge >= 0.3 is 12.1 Å². The highest BCUT2D eigenvalue weighted by Gasteiger charge is 2.62. The number of nitrogens with one attached hydrogen (secondary N) is 1. The van der Waals surface area contributed by atoms with Crippen LogP contribution < -0.4 is 5.32 Å². The van der Waals surface area contributed by atoms with Crippen LogP contribution >= 0.6 is 0 Å². The van der Waals surface area contributed by atoms with Gasteiger partial charge in [-0.3, -0.25) is 4.79 Å². The van der Waals surface area contributed by atoms with Crippen molar-refractivity contribution in [1.82, 2.24) is 10.2 Å². The molecule has 2 aliphatic carbocycles. The van der Waals surface area contributed by atoms with Crippen molar-refractivity contribution >= 4 is 18.0 Å². The number of benzene rings is 2. The van der Waals surface area contributed by atoms with E-state index in [0.29, 0.717) is 19.4 Å². The second-order valence-corrected chi connectivity index (χ2v) is 9.19. The fourth-order valence-electron chi connectivity index (χ4n) is 5.57. The SMILES string of the molecule is C[C@@H](CC(=O)N1CC2CC1(C(=O)O)C2)NC(=O)OCC1c2ccccc2-c2ccccc21. The maximum atomic E-state index is 12.7. The molecule has 2 N–H and O–H groups in total. The minimum atomic E-state index is -1.04. The number of aliphatic carboxylic acids is 1. The lowest BCUT2D eigenvalue weighted by atomic mass is 9.73. The average Bonchev–Trinajstić information content (AvgIpc) is 3.41. The molecule has 0 aromatic heterocycles. The Hall–Kier alpha value is -3.35. The first-order valence-electron chi connectivity index (χ1n) is 11.0. The number of carboxylic acid groups (broad SMARTS) is 1. The van der Waals surface area contributed by atoms with Gasteiger partial charge in [0.2, 0.25) is 5.91 Å². The van der Waals surface area contributed by atoms with Gasteiger partial charge in [-0.25, -0.2) is 9.59 Å². The summed E-state index contributed by atoms with van der Waals surface area (Å²) in [5, 5.41) is 12.3. The Labute approximate surface area is 186 Å². The molecular weight excluding hydrogens is 408 g/mol. The molecular formula is C25H26N2O5. The molecule has 1 saturated carbocycles. The Bertz CT molecular complexity index is 1050. The van der Waals surface area contributed by atoms with E-state index in [2.05, 4.69) is 29.6 Å². The number of alkyl carbamates (subject to hydrolysis) is 1. The van der Waals surface area contributed by atoms with Crippen LogP contribution in [0, 0.1) is 5.92 Å². The summed E-state index contributed by atoms with van der Waals surface area (Å²) in [5.74, 6) is -0.923. The number of hydrogen-bond acceptors (Lipinski definition) is 4. The number of carboxylic acids is 1. The second-order valence-electron chi connectivity index (χ2n) is 9.19. The third kappa shape index (κ3) is 3.23. The lowest BCUT2D eigenvalue weighted by Crippen LogP contribution is -2.55. The van der Waals surface area contributed by atoms with Crippen molar-refractivity contribution in [1.29, 1.82) is 0 Å². The molecule has 3 fully saturated rings. The molecule has 0 unspecified atom stereocenters. The van der Waals surface area contributed by atoms with Crippen molar-refractivity contribution in [2.24, 2.45) is 5.92 Å². The summed E-state index contributed by atoms with van der Waals surface area (Å²) in [5.41, 5.74) is 3.55. The number of carbonyl (C=O) groups is 3. The van der Waals surface area contributed by atoms with E-state index in [1.54, 1.807) is 6.92 Å². The Morgan fingerprint density at radius 1 is 1.09 bits per heavy atom. The predicted molar refractivity (Wildman–Crippen MR) is 117 cm³/mol. The maximum absolute atomic E-state index is 12.7. The molecule has 2 aromatic rings. The smallest absolute Gasteiger partial charge is 0.407 e. The molecule has 166 valence electrons. The van der Waals surface area contributed by atoms with E-state index >= 15 is 0 Å². The molecule has 2 heterocycles. The molecule has 2 saturated heterocycles. The largest absolute Gasteiger partial charge is 0.479 e. The Morgan fingerprint density at radius 3 is 2.28 bits per heavy atom. The van der Waals surface area contributed by atoms with Gasteiger partial charge in [0, 0.05) is 24.9 Å². The molecule has 2 aliphatic heterocycles. The minimum absolute atomic E-state index is 0.0306. The van der Waals surface area contributed by atoms with E-state index in [1.807, 2.05) is 24.3 Å². The predicted octanol–water partition coefficient (Wildman–Crippen LogP) is 3.38. The van der Waals surface area contributed by atoms with Crippen LogP contribution in [0.5, 0.6) is 0 Å². The summed E-state index contributed by atoms with van der Waals surface area (Å²) in [6.07, 6.45) is 0.530. The zero-order valence-corrected chi connectivity index (χ0v) is 17.9. The highest BCUT2D eigenvalue weighted by atomic mass is 16.5. The van der Waals surface area contributed by atoms with Gasteiger partial charge in [0.15, 0.2) is 0 Å². The minimum Gasteiger partial charge on any atom is -0.479 e. The van der Waals surface area contributed by atoms with Crippen molar-refractivity contribution in [3.8, 4) is 11.1 Å². The first kappa shape index (κ1) is 20.5. The third-order valence-corrected chi connectivity index (χ3v) is 7.10. The zero-order valence-electron chi connectivity index (χ0n) is 17.9. The summed E-state index contributed by atoms with van der Waals surface area (Å²) >= 11 is 0. The van der Waals surface area contributed by atoms with Crippen molar-refractivity contribution < 1.29 is 24.2 Å². The number of ether oxygens (including phenoxy) is 1. The van der Waals surface area contributed by atoms with Crippen LogP contribution in [0.25, 0.3) is 11.1 Å². The van der Waals surface area contributed by atoms with Crippen LogP contribution in [0.3, 0.4) is 0 Å². The lowest BCUT2D eigenvalue weighted by Gasteiger charge is -2.38. The summed E-state index contributed by atoms with van der Waals surface area (Å²) in [6, 6.07) is 15.8. The Morgan fingerprint density at radius 2 is 1.69 bits per heavy atom. The van der Waals surface area contributed by atoms with Crippen LogP contribution in [0.15, 0.2) is 48.5 Å². The highest BCUT2D eigenvalue weighted by Crippen LogP contribution is 2.51. The number of nitrogens with zero attached hydrogens (tertiary/aromatic N) is 1. The van der Waals surface area contributed by atoms with E-state index < -0.39 is 23.6 Å². The van der Waals surface area contributed by atoms with Gasteiger partial charge in [0.25, 0.3) is 0 Å². The van der Waals surface area contributed by atoms with Crippen molar-refractivity contribution in [2.45, 2.75) is 43.7 Å². The molecule has 1 atom stereocenters. The molecule has 2 aromatic carbocycles. The van der Waals surface area contributed by atoms with Crippen LogP contribution in [-0.2, 0) is 14.3 Å². The van der Waals surface area contributed by atoms with Gasteiger partial charge < -0.3 is 20.1 Å². The number of rotatable bonds is 6. The van der Waals surface area contributed by atoms with Gasteiger partial charge in [-0.2, -0.15) is 0 Å². The fraction of sp³-hybridized carbons (Fsp3) is 0.400. The van der Waals surface area contributed by atoms with Gasteiger partial charge in [-0.15, -0.1) is 0 Å². The van der Waals surface area contributed by atoms with E-state index in [1.165, 1.54) is 4.90 Å². The first-order chi connectivity index (χ1) is 15.4. The molecule has 2 bridgehead atoms. The van der Waals surface area contributed by atoms with Crippen LogP contribution in [0.1, 0.15) is 43.2 Å². The number of fused-ring (bicyclic) bond motifs is 4. The molecule has 0 spiro atoms. The van der Waals surface area contributed by atoms with Gasteiger partial charge in [-0.05, 0) is 47.9 Å². The molecule has 6 rings (SSSR count). The van der Waals surface area contributed by atoms with Gasteiger partial charge in [0.1, 0.15) is 12.1 Å². The molecule has 7 nitrogen and oxygen atoms in total. The average molecular weight is 434 g/mol. The van der Waals surface area contributed by atoms with E-state index in [-0.39, 0.29) is 30.8 Å². The van der Waals surface area contributed by atoms with Crippen molar-refractivity contribution in [3.63, 3.8) is 0 Å². The van der Waals surface area contributed by atoms with Crippen molar-refractivity contribution in [2.75, 3.05) is 13.2 Å². The molecule has 4 aliphatic rings. The van der Waals surface area contributed by atoms with E-state index in [9.17, 15) is 19.5 Å².